The molecule has 2 amide bonds. The zero-order valence-electron chi connectivity index (χ0n) is 18.3. The number of carbonyl (C=O) groups is 2. The van der Waals surface area contributed by atoms with Crippen LogP contribution in [-0.4, -0.2) is 47.8 Å². The van der Waals surface area contributed by atoms with E-state index in [2.05, 4.69) is 5.32 Å². The van der Waals surface area contributed by atoms with E-state index >= 15 is 0 Å². The SMILES string of the molecule is O=C(Nc1c(C(=O)N2CCN(c3ccc(F)cc3)CC2)oc2ccccc12)c1ccc([N+](=O)[O-])o1. The lowest BCUT2D eigenvalue weighted by Gasteiger charge is -2.35. The van der Waals surface area contributed by atoms with Crippen molar-refractivity contribution in [3.8, 4) is 0 Å². The van der Waals surface area contributed by atoms with Gasteiger partial charge in [-0.1, -0.05) is 12.1 Å². The first-order valence-corrected chi connectivity index (χ1v) is 10.8. The summed E-state index contributed by atoms with van der Waals surface area (Å²) in [6, 6.07) is 15.3. The summed E-state index contributed by atoms with van der Waals surface area (Å²) >= 11 is 0. The summed E-state index contributed by atoms with van der Waals surface area (Å²) in [5.74, 6) is -2.35. The highest BCUT2D eigenvalue weighted by Crippen LogP contribution is 2.33. The molecule has 10 nitrogen and oxygen atoms in total. The van der Waals surface area contributed by atoms with E-state index in [0.717, 1.165) is 11.8 Å². The van der Waals surface area contributed by atoms with Crippen LogP contribution in [0.2, 0.25) is 0 Å². The van der Waals surface area contributed by atoms with Gasteiger partial charge >= 0.3 is 5.88 Å². The summed E-state index contributed by atoms with van der Waals surface area (Å²) in [5, 5.41) is 14.0. The van der Waals surface area contributed by atoms with Gasteiger partial charge in [0, 0.05) is 37.3 Å². The second-order valence-electron chi connectivity index (χ2n) is 7.91. The van der Waals surface area contributed by atoms with Crippen molar-refractivity contribution in [2.24, 2.45) is 0 Å². The molecule has 1 fully saturated rings. The minimum Gasteiger partial charge on any atom is -0.449 e. The third-order valence-corrected chi connectivity index (χ3v) is 5.78. The molecule has 1 saturated heterocycles. The fourth-order valence-electron chi connectivity index (χ4n) is 4.01. The molecule has 178 valence electrons. The number of nitrogens with one attached hydrogen (secondary N) is 1. The summed E-state index contributed by atoms with van der Waals surface area (Å²) < 4.78 is 24.0. The van der Waals surface area contributed by atoms with Crippen molar-refractivity contribution >= 4 is 40.0 Å². The Bertz CT molecular complexity index is 1420. The molecule has 3 heterocycles. The third-order valence-electron chi connectivity index (χ3n) is 5.78. The molecule has 1 aliphatic rings. The maximum absolute atomic E-state index is 13.4. The van der Waals surface area contributed by atoms with E-state index in [-0.39, 0.29) is 23.0 Å². The quantitative estimate of drug-likeness (QED) is 0.335. The minimum absolute atomic E-state index is 0.0455. The molecule has 5 rings (SSSR count). The number of piperazine rings is 1. The van der Waals surface area contributed by atoms with E-state index in [0.29, 0.717) is 37.1 Å². The van der Waals surface area contributed by atoms with Crippen molar-refractivity contribution in [1.82, 2.24) is 4.90 Å². The molecular weight excluding hydrogens is 459 g/mol. The Morgan fingerprint density at radius 2 is 1.66 bits per heavy atom. The Kier molecular flexibility index (Phi) is 5.65. The smallest absolute Gasteiger partial charge is 0.433 e. The zero-order valence-corrected chi connectivity index (χ0v) is 18.3. The summed E-state index contributed by atoms with van der Waals surface area (Å²) in [5.41, 5.74) is 1.43. The van der Waals surface area contributed by atoms with Crippen LogP contribution in [0.4, 0.5) is 21.6 Å². The molecule has 2 aromatic heterocycles. The molecule has 1 aliphatic heterocycles. The standard InChI is InChI=1S/C24H19FN4O6/c25-15-5-7-16(8-6-15)27-11-13-28(14-12-27)24(31)22-21(17-3-1-2-4-18(17)35-22)26-23(30)19-9-10-20(34-19)29(32)33/h1-10H,11-14H2,(H,26,30). The number of nitro groups is 1. The van der Waals surface area contributed by atoms with Crippen molar-refractivity contribution in [1.29, 1.82) is 0 Å². The molecule has 2 aromatic carbocycles. The van der Waals surface area contributed by atoms with Gasteiger partial charge in [-0.3, -0.25) is 19.7 Å². The van der Waals surface area contributed by atoms with E-state index in [9.17, 15) is 24.1 Å². The van der Waals surface area contributed by atoms with Crippen molar-refractivity contribution in [2.45, 2.75) is 0 Å². The number of hydrogen-bond acceptors (Lipinski definition) is 7. The predicted octanol–water partition coefficient (Wildman–Crippen LogP) is 4.29. The Labute approximate surface area is 197 Å². The van der Waals surface area contributed by atoms with Crippen LogP contribution >= 0.6 is 0 Å². The van der Waals surface area contributed by atoms with Gasteiger partial charge in [-0.2, -0.15) is 0 Å². The van der Waals surface area contributed by atoms with E-state index in [1.807, 2.05) is 4.90 Å². The third kappa shape index (κ3) is 4.31. The second kappa shape index (κ2) is 8.93. The zero-order chi connectivity index (χ0) is 24.5. The first kappa shape index (κ1) is 22.1. The molecule has 4 aromatic rings. The number of carbonyl (C=O) groups excluding carboxylic acids is 2. The minimum atomic E-state index is -0.750. The van der Waals surface area contributed by atoms with E-state index in [1.54, 1.807) is 41.3 Å². The van der Waals surface area contributed by atoms with E-state index in [1.165, 1.54) is 18.2 Å². The molecule has 0 radical (unpaired) electrons. The van der Waals surface area contributed by atoms with Crippen LogP contribution in [0.15, 0.2) is 69.5 Å². The Balaban J connectivity index is 1.37. The van der Waals surface area contributed by atoms with Crippen molar-refractivity contribution in [2.75, 3.05) is 36.4 Å². The molecule has 35 heavy (non-hydrogen) atoms. The maximum Gasteiger partial charge on any atom is 0.433 e. The van der Waals surface area contributed by atoms with Crippen molar-refractivity contribution in [3.05, 3.63) is 88.1 Å². The normalized spacial score (nSPS) is 13.7. The lowest BCUT2D eigenvalue weighted by molar-refractivity contribution is -0.402. The highest BCUT2D eigenvalue weighted by Gasteiger charge is 2.30. The van der Waals surface area contributed by atoms with Gasteiger partial charge in [0.05, 0.1) is 6.07 Å². The molecule has 1 N–H and O–H groups in total. The van der Waals surface area contributed by atoms with Gasteiger partial charge in [-0.05, 0) is 42.5 Å². The summed E-state index contributed by atoms with van der Waals surface area (Å²) in [6.07, 6.45) is 0. The number of rotatable bonds is 5. The average Bonchev–Trinajstić information content (AvgIpc) is 3.50. The number of furan rings is 2. The van der Waals surface area contributed by atoms with Gasteiger partial charge in [0.1, 0.15) is 22.0 Å². The monoisotopic (exact) mass is 478 g/mol. The molecule has 0 spiro atoms. The average molecular weight is 478 g/mol. The van der Waals surface area contributed by atoms with Crippen LogP contribution < -0.4 is 10.2 Å². The Morgan fingerprint density at radius 1 is 0.943 bits per heavy atom. The lowest BCUT2D eigenvalue weighted by Crippen LogP contribution is -2.48. The molecule has 11 heteroatoms. The van der Waals surface area contributed by atoms with Gasteiger partial charge < -0.3 is 24.0 Å². The number of amides is 2. The number of para-hydroxylation sites is 1. The summed E-state index contributed by atoms with van der Waals surface area (Å²) in [4.78, 5) is 39.9. The van der Waals surface area contributed by atoms with Crippen LogP contribution in [0, 0.1) is 15.9 Å². The maximum atomic E-state index is 13.4. The van der Waals surface area contributed by atoms with Crippen LogP contribution in [0.25, 0.3) is 11.0 Å². The van der Waals surface area contributed by atoms with Gasteiger partial charge in [-0.25, -0.2) is 4.39 Å². The fourth-order valence-corrected chi connectivity index (χ4v) is 4.01. The second-order valence-corrected chi connectivity index (χ2v) is 7.91. The molecule has 0 atom stereocenters. The predicted molar refractivity (Wildman–Crippen MR) is 124 cm³/mol. The number of fused-ring (bicyclic) bond motifs is 1. The van der Waals surface area contributed by atoms with Gasteiger partial charge in [0.2, 0.25) is 5.76 Å². The number of hydrogen-bond donors (Lipinski definition) is 1. The largest absolute Gasteiger partial charge is 0.449 e. The van der Waals surface area contributed by atoms with Crippen molar-refractivity contribution < 1.29 is 27.7 Å². The van der Waals surface area contributed by atoms with Crippen LogP contribution in [0.3, 0.4) is 0 Å². The molecular formula is C24H19FN4O6. The lowest BCUT2D eigenvalue weighted by atomic mass is 10.2. The Hall–Kier alpha value is -4.67. The van der Waals surface area contributed by atoms with Crippen LogP contribution in [0.5, 0.6) is 0 Å². The van der Waals surface area contributed by atoms with E-state index < -0.39 is 22.6 Å². The topological polar surface area (TPSA) is 122 Å². The van der Waals surface area contributed by atoms with Gasteiger partial charge in [0.25, 0.3) is 11.8 Å². The number of benzene rings is 2. The summed E-state index contributed by atoms with van der Waals surface area (Å²) in [7, 11) is 0. The highest BCUT2D eigenvalue weighted by molar-refractivity contribution is 6.13. The molecule has 0 aliphatic carbocycles. The summed E-state index contributed by atoms with van der Waals surface area (Å²) in [6.45, 7) is 1.86. The van der Waals surface area contributed by atoms with Gasteiger partial charge in [0.15, 0.2) is 5.76 Å². The first-order chi connectivity index (χ1) is 16.9. The van der Waals surface area contributed by atoms with Crippen LogP contribution in [-0.2, 0) is 0 Å². The first-order valence-electron chi connectivity index (χ1n) is 10.8. The Morgan fingerprint density at radius 3 is 2.34 bits per heavy atom. The molecule has 0 bridgehead atoms. The highest BCUT2D eigenvalue weighted by atomic mass is 19.1. The van der Waals surface area contributed by atoms with Crippen molar-refractivity contribution in [3.63, 3.8) is 0 Å². The van der Waals surface area contributed by atoms with E-state index in [4.69, 9.17) is 8.83 Å². The number of anilines is 2. The molecule has 0 saturated carbocycles. The van der Waals surface area contributed by atoms with Gasteiger partial charge in [-0.15, -0.1) is 0 Å². The number of halogens is 1. The molecule has 0 unspecified atom stereocenters. The fraction of sp³-hybridized carbons (Fsp3) is 0.167. The number of nitrogens with zero attached hydrogens (tertiary/aromatic N) is 3. The van der Waals surface area contributed by atoms with Crippen LogP contribution in [0.1, 0.15) is 21.1 Å².